The minimum atomic E-state index is 0.122. The van der Waals surface area contributed by atoms with Crippen LogP contribution in [0.25, 0.3) is 0 Å². The normalized spacial score (nSPS) is 12.2. The van der Waals surface area contributed by atoms with Crippen molar-refractivity contribution in [1.29, 1.82) is 0 Å². The molecule has 0 saturated heterocycles. The number of aryl methyl sites for hydroxylation is 1. The lowest BCUT2D eigenvalue weighted by Crippen LogP contribution is -2.17. The number of para-hydroxylation sites is 1. The summed E-state index contributed by atoms with van der Waals surface area (Å²) < 4.78 is 5.73. The molecule has 100 valence electrons. The zero-order chi connectivity index (χ0) is 13.8. The van der Waals surface area contributed by atoms with Crippen LogP contribution in [-0.2, 0) is 6.42 Å². The summed E-state index contributed by atoms with van der Waals surface area (Å²) in [5.74, 6) is 1.18. The van der Waals surface area contributed by atoms with Crippen LogP contribution in [0.3, 0.4) is 0 Å². The van der Waals surface area contributed by atoms with Gasteiger partial charge in [0.1, 0.15) is 5.75 Å². The molecule has 1 aromatic heterocycles. The van der Waals surface area contributed by atoms with E-state index in [1.54, 1.807) is 12.3 Å². The molecule has 4 heteroatoms. The Morgan fingerprint density at radius 1 is 1.37 bits per heavy atom. The van der Waals surface area contributed by atoms with Gasteiger partial charge >= 0.3 is 0 Å². The van der Waals surface area contributed by atoms with E-state index in [-0.39, 0.29) is 6.04 Å². The second-order valence-corrected chi connectivity index (χ2v) is 5.09. The molecule has 0 amide bonds. The SMILES string of the molecule is Cc1cc(CC(C)N)cnc1Oc1ccccc1Cl. The van der Waals surface area contributed by atoms with Crippen LogP contribution in [-0.4, -0.2) is 11.0 Å². The number of ether oxygens (including phenoxy) is 1. The molecule has 0 fully saturated rings. The van der Waals surface area contributed by atoms with Crippen molar-refractivity contribution in [2.45, 2.75) is 26.3 Å². The lowest BCUT2D eigenvalue weighted by atomic mass is 10.1. The van der Waals surface area contributed by atoms with Crippen LogP contribution in [0.1, 0.15) is 18.1 Å². The molecule has 0 saturated carbocycles. The summed E-state index contributed by atoms with van der Waals surface area (Å²) in [6.07, 6.45) is 2.60. The average molecular weight is 277 g/mol. The smallest absolute Gasteiger partial charge is 0.222 e. The Morgan fingerprint density at radius 2 is 2.11 bits per heavy atom. The maximum Gasteiger partial charge on any atom is 0.222 e. The van der Waals surface area contributed by atoms with Gasteiger partial charge in [0.2, 0.25) is 5.88 Å². The van der Waals surface area contributed by atoms with E-state index in [9.17, 15) is 0 Å². The molecular formula is C15H17ClN2O. The van der Waals surface area contributed by atoms with Crippen LogP contribution in [0.15, 0.2) is 36.5 Å². The average Bonchev–Trinajstić information content (AvgIpc) is 2.34. The van der Waals surface area contributed by atoms with Crippen LogP contribution in [0.5, 0.6) is 11.6 Å². The maximum atomic E-state index is 6.06. The first kappa shape index (κ1) is 13.8. The summed E-state index contributed by atoms with van der Waals surface area (Å²) in [6, 6.07) is 9.51. The monoisotopic (exact) mass is 276 g/mol. The highest BCUT2D eigenvalue weighted by atomic mass is 35.5. The third-order valence-electron chi connectivity index (χ3n) is 2.69. The first-order valence-corrected chi connectivity index (χ1v) is 6.57. The summed E-state index contributed by atoms with van der Waals surface area (Å²) >= 11 is 6.06. The summed E-state index contributed by atoms with van der Waals surface area (Å²) in [4.78, 5) is 4.33. The van der Waals surface area contributed by atoms with E-state index >= 15 is 0 Å². The fourth-order valence-electron chi connectivity index (χ4n) is 1.84. The van der Waals surface area contributed by atoms with Crippen molar-refractivity contribution in [3.63, 3.8) is 0 Å². The molecular weight excluding hydrogens is 260 g/mol. The van der Waals surface area contributed by atoms with Crippen molar-refractivity contribution in [3.05, 3.63) is 52.7 Å². The molecule has 2 aromatic rings. The molecule has 1 unspecified atom stereocenters. The molecule has 2 N–H and O–H groups in total. The van der Waals surface area contributed by atoms with E-state index in [0.29, 0.717) is 16.7 Å². The third-order valence-corrected chi connectivity index (χ3v) is 3.00. The zero-order valence-corrected chi connectivity index (χ0v) is 11.8. The summed E-state index contributed by atoms with van der Waals surface area (Å²) in [6.45, 7) is 3.94. The largest absolute Gasteiger partial charge is 0.437 e. The number of nitrogens with two attached hydrogens (primary N) is 1. The molecule has 0 spiro atoms. The van der Waals surface area contributed by atoms with Crippen molar-refractivity contribution >= 4 is 11.6 Å². The number of hydrogen-bond acceptors (Lipinski definition) is 3. The highest BCUT2D eigenvalue weighted by Gasteiger charge is 2.08. The second-order valence-electron chi connectivity index (χ2n) is 4.68. The lowest BCUT2D eigenvalue weighted by molar-refractivity contribution is 0.458. The van der Waals surface area contributed by atoms with Crippen molar-refractivity contribution in [1.82, 2.24) is 4.98 Å². The number of benzene rings is 1. The first-order valence-electron chi connectivity index (χ1n) is 6.19. The Labute approximate surface area is 118 Å². The van der Waals surface area contributed by atoms with Crippen LogP contribution in [0.2, 0.25) is 5.02 Å². The predicted molar refractivity (Wildman–Crippen MR) is 77.9 cm³/mol. The van der Waals surface area contributed by atoms with Gasteiger partial charge in [-0.05, 0) is 44.0 Å². The number of pyridine rings is 1. The number of aromatic nitrogens is 1. The van der Waals surface area contributed by atoms with Crippen LogP contribution >= 0.6 is 11.6 Å². The second kappa shape index (κ2) is 6.04. The Hall–Kier alpha value is -1.58. The number of rotatable bonds is 4. The van der Waals surface area contributed by atoms with Gasteiger partial charge in [-0.25, -0.2) is 4.98 Å². The van der Waals surface area contributed by atoms with Gasteiger partial charge < -0.3 is 10.5 Å². The van der Waals surface area contributed by atoms with E-state index in [2.05, 4.69) is 4.98 Å². The van der Waals surface area contributed by atoms with Gasteiger partial charge in [-0.15, -0.1) is 0 Å². The molecule has 2 rings (SSSR count). The van der Waals surface area contributed by atoms with Crippen molar-refractivity contribution in [2.75, 3.05) is 0 Å². The standard InChI is InChI=1S/C15H17ClN2O/c1-10-7-12(8-11(2)17)9-18-15(10)19-14-6-4-3-5-13(14)16/h3-7,9,11H,8,17H2,1-2H3. The summed E-state index contributed by atoms with van der Waals surface area (Å²) in [5.41, 5.74) is 7.86. The van der Waals surface area contributed by atoms with Gasteiger partial charge in [0.05, 0.1) is 5.02 Å². The Bertz CT molecular complexity index is 570. The third kappa shape index (κ3) is 3.69. The fraction of sp³-hybridized carbons (Fsp3) is 0.267. The highest BCUT2D eigenvalue weighted by molar-refractivity contribution is 6.32. The molecule has 0 aliphatic carbocycles. The van der Waals surface area contributed by atoms with E-state index in [4.69, 9.17) is 22.1 Å². The molecule has 0 aliphatic heterocycles. The number of nitrogens with zero attached hydrogens (tertiary/aromatic N) is 1. The van der Waals surface area contributed by atoms with Crippen LogP contribution < -0.4 is 10.5 Å². The lowest BCUT2D eigenvalue weighted by Gasteiger charge is -2.11. The van der Waals surface area contributed by atoms with Gasteiger partial charge in [0, 0.05) is 17.8 Å². The topological polar surface area (TPSA) is 48.1 Å². The van der Waals surface area contributed by atoms with E-state index < -0.39 is 0 Å². The minimum Gasteiger partial charge on any atom is -0.437 e. The molecule has 0 aliphatic rings. The maximum absolute atomic E-state index is 6.06. The van der Waals surface area contributed by atoms with Crippen molar-refractivity contribution in [3.8, 4) is 11.6 Å². The minimum absolute atomic E-state index is 0.122. The molecule has 1 heterocycles. The Morgan fingerprint density at radius 3 is 2.74 bits per heavy atom. The quantitative estimate of drug-likeness (QED) is 0.926. The van der Waals surface area contributed by atoms with Crippen molar-refractivity contribution < 1.29 is 4.74 Å². The van der Waals surface area contributed by atoms with Crippen LogP contribution in [0.4, 0.5) is 0 Å². The van der Waals surface area contributed by atoms with Crippen LogP contribution in [0, 0.1) is 6.92 Å². The van der Waals surface area contributed by atoms with E-state index in [0.717, 1.165) is 17.5 Å². The first-order chi connectivity index (χ1) is 9.06. The van der Waals surface area contributed by atoms with Gasteiger partial charge in [0.25, 0.3) is 0 Å². The summed E-state index contributed by atoms with van der Waals surface area (Å²) in [7, 11) is 0. The predicted octanol–water partition coefficient (Wildman–Crippen LogP) is 3.73. The van der Waals surface area contributed by atoms with Gasteiger partial charge in [-0.2, -0.15) is 0 Å². The van der Waals surface area contributed by atoms with Gasteiger partial charge in [-0.1, -0.05) is 23.7 Å². The molecule has 3 nitrogen and oxygen atoms in total. The van der Waals surface area contributed by atoms with E-state index in [1.807, 2.05) is 38.1 Å². The number of hydrogen-bond donors (Lipinski definition) is 1. The van der Waals surface area contributed by atoms with Crippen molar-refractivity contribution in [2.24, 2.45) is 5.73 Å². The Balaban J connectivity index is 2.20. The molecule has 0 radical (unpaired) electrons. The van der Waals surface area contributed by atoms with Gasteiger partial charge in [0.15, 0.2) is 0 Å². The fourth-order valence-corrected chi connectivity index (χ4v) is 2.02. The molecule has 19 heavy (non-hydrogen) atoms. The molecule has 1 atom stereocenters. The molecule has 1 aromatic carbocycles. The molecule has 0 bridgehead atoms. The van der Waals surface area contributed by atoms with Gasteiger partial charge in [-0.3, -0.25) is 0 Å². The summed E-state index contributed by atoms with van der Waals surface area (Å²) in [5, 5.41) is 0.573. The Kier molecular flexibility index (Phi) is 4.40. The van der Waals surface area contributed by atoms with E-state index in [1.165, 1.54) is 0 Å². The highest BCUT2D eigenvalue weighted by Crippen LogP contribution is 2.29. The zero-order valence-electron chi connectivity index (χ0n) is 11.1. The number of halogens is 1.